The first kappa shape index (κ1) is 13.3. The van der Waals surface area contributed by atoms with E-state index in [1.807, 2.05) is 4.90 Å². The van der Waals surface area contributed by atoms with E-state index in [1.165, 1.54) is 0 Å². The van der Waals surface area contributed by atoms with Crippen molar-refractivity contribution in [3.05, 3.63) is 0 Å². The van der Waals surface area contributed by atoms with Gasteiger partial charge in [0.05, 0.1) is 0 Å². The number of hydrogen-bond acceptors (Lipinski definition) is 3. The molecule has 1 saturated heterocycles. The zero-order valence-corrected chi connectivity index (χ0v) is 10.4. The lowest BCUT2D eigenvalue weighted by molar-refractivity contribution is 0.196. The highest BCUT2D eigenvalue weighted by atomic mass is 16.2. The Labute approximate surface area is 98.0 Å². The highest BCUT2D eigenvalue weighted by Crippen LogP contribution is 2.01. The Morgan fingerprint density at radius 3 is 2.88 bits per heavy atom. The molecular formula is C11H24N4O. The van der Waals surface area contributed by atoms with Crippen molar-refractivity contribution in [1.29, 1.82) is 0 Å². The van der Waals surface area contributed by atoms with Gasteiger partial charge in [-0.15, -0.1) is 0 Å². The molecule has 94 valence electrons. The van der Waals surface area contributed by atoms with Crippen molar-refractivity contribution in [2.45, 2.75) is 13.8 Å². The number of nitrogens with one attached hydrogen (secondary N) is 1. The van der Waals surface area contributed by atoms with Crippen molar-refractivity contribution in [2.24, 2.45) is 11.7 Å². The fraction of sp³-hybridized carbons (Fsp3) is 0.909. The van der Waals surface area contributed by atoms with Gasteiger partial charge in [-0.05, 0) is 19.0 Å². The van der Waals surface area contributed by atoms with Crippen LogP contribution in [-0.2, 0) is 0 Å². The zero-order chi connectivity index (χ0) is 12.0. The van der Waals surface area contributed by atoms with Crippen molar-refractivity contribution in [2.75, 3.05) is 45.8 Å². The van der Waals surface area contributed by atoms with Crippen LogP contribution < -0.4 is 11.1 Å². The summed E-state index contributed by atoms with van der Waals surface area (Å²) in [6.07, 6.45) is 0. The van der Waals surface area contributed by atoms with E-state index in [0.717, 1.165) is 45.8 Å². The smallest absolute Gasteiger partial charge is 0.317 e. The normalized spacial score (nSPS) is 18.0. The molecule has 1 aliphatic heterocycles. The zero-order valence-electron chi connectivity index (χ0n) is 10.4. The van der Waals surface area contributed by atoms with Gasteiger partial charge in [-0.25, -0.2) is 4.79 Å². The average Bonchev–Trinajstić information content (AvgIpc) is 2.69. The van der Waals surface area contributed by atoms with Crippen LogP contribution in [0.2, 0.25) is 0 Å². The molecule has 1 unspecified atom stereocenters. The van der Waals surface area contributed by atoms with E-state index in [4.69, 9.17) is 5.73 Å². The molecule has 16 heavy (non-hydrogen) atoms. The number of likely N-dealkylation sites (N-methyl/N-ethyl adjacent to an activating group) is 1. The molecule has 0 bridgehead atoms. The van der Waals surface area contributed by atoms with Crippen molar-refractivity contribution < 1.29 is 4.79 Å². The summed E-state index contributed by atoms with van der Waals surface area (Å²) in [5.74, 6) is 0.521. The second kappa shape index (κ2) is 6.70. The summed E-state index contributed by atoms with van der Waals surface area (Å²) in [5.41, 5.74) is 5.61. The Hall–Kier alpha value is -0.810. The lowest BCUT2D eigenvalue weighted by Crippen LogP contribution is -2.39. The number of nitrogens with two attached hydrogens (primary N) is 1. The number of carbonyl (C=O) groups is 1. The highest BCUT2D eigenvalue weighted by molar-refractivity contribution is 5.76. The topological polar surface area (TPSA) is 61.6 Å². The van der Waals surface area contributed by atoms with E-state index in [-0.39, 0.29) is 6.03 Å². The molecule has 3 N–H and O–H groups in total. The minimum absolute atomic E-state index is 0.0722. The van der Waals surface area contributed by atoms with E-state index >= 15 is 0 Å². The second-order valence-corrected chi connectivity index (χ2v) is 4.45. The molecule has 0 aliphatic carbocycles. The van der Waals surface area contributed by atoms with Gasteiger partial charge in [0.1, 0.15) is 0 Å². The number of nitrogens with zero attached hydrogens (tertiary/aromatic N) is 2. The fourth-order valence-corrected chi connectivity index (χ4v) is 1.88. The van der Waals surface area contributed by atoms with E-state index in [1.54, 1.807) is 0 Å². The van der Waals surface area contributed by atoms with E-state index in [9.17, 15) is 4.79 Å². The van der Waals surface area contributed by atoms with Crippen molar-refractivity contribution in [3.8, 4) is 0 Å². The summed E-state index contributed by atoms with van der Waals surface area (Å²) in [5, 5.41) is 2.81. The summed E-state index contributed by atoms with van der Waals surface area (Å²) < 4.78 is 0. The predicted molar refractivity (Wildman–Crippen MR) is 65.3 cm³/mol. The summed E-state index contributed by atoms with van der Waals surface area (Å²) >= 11 is 0. The highest BCUT2D eigenvalue weighted by Gasteiger charge is 2.19. The SMILES string of the molecule is CCN(CCN1CCNC1=O)CC(C)CN. The van der Waals surface area contributed by atoms with Gasteiger partial charge in [0.15, 0.2) is 0 Å². The maximum absolute atomic E-state index is 11.3. The molecule has 0 saturated carbocycles. The third-order valence-corrected chi connectivity index (χ3v) is 3.05. The van der Waals surface area contributed by atoms with Crippen molar-refractivity contribution in [3.63, 3.8) is 0 Å². The van der Waals surface area contributed by atoms with Crippen LogP contribution in [0.1, 0.15) is 13.8 Å². The molecule has 0 radical (unpaired) electrons. The van der Waals surface area contributed by atoms with Gasteiger partial charge in [0, 0.05) is 32.7 Å². The number of urea groups is 1. The molecule has 2 amide bonds. The molecule has 1 rings (SSSR count). The second-order valence-electron chi connectivity index (χ2n) is 4.45. The van der Waals surface area contributed by atoms with E-state index in [2.05, 4.69) is 24.1 Å². The third-order valence-electron chi connectivity index (χ3n) is 3.05. The summed E-state index contributed by atoms with van der Waals surface area (Å²) in [4.78, 5) is 15.6. The summed E-state index contributed by atoms with van der Waals surface area (Å²) in [7, 11) is 0. The van der Waals surface area contributed by atoms with Crippen LogP contribution in [0.25, 0.3) is 0 Å². The molecule has 1 aliphatic rings. The van der Waals surface area contributed by atoms with Crippen LogP contribution in [-0.4, -0.2) is 61.6 Å². The molecule has 5 heteroatoms. The molecule has 1 heterocycles. The first-order valence-electron chi connectivity index (χ1n) is 6.12. The minimum Gasteiger partial charge on any atom is -0.336 e. The van der Waals surface area contributed by atoms with Crippen LogP contribution in [0, 0.1) is 5.92 Å². The number of carbonyl (C=O) groups excluding carboxylic acids is 1. The maximum atomic E-state index is 11.3. The largest absolute Gasteiger partial charge is 0.336 e. The summed E-state index contributed by atoms with van der Waals surface area (Å²) in [6, 6.07) is 0.0722. The first-order chi connectivity index (χ1) is 7.67. The predicted octanol–water partition coefficient (Wildman–Crippen LogP) is -0.0717. The van der Waals surface area contributed by atoms with Gasteiger partial charge < -0.3 is 20.9 Å². The van der Waals surface area contributed by atoms with Crippen LogP contribution in [0.4, 0.5) is 4.79 Å². The minimum atomic E-state index is 0.0722. The van der Waals surface area contributed by atoms with Gasteiger partial charge in [-0.3, -0.25) is 0 Å². The standard InChI is InChI=1S/C11H24N4O/c1-3-14(9-10(2)8-12)6-7-15-5-4-13-11(15)16/h10H,3-9,12H2,1-2H3,(H,13,16). The van der Waals surface area contributed by atoms with Gasteiger partial charge in [0.25, 0.3) is 0 Å². The molecule has 0 aromatic carbocycles. The molecule has 0 aromatic rings. The van der Waals surface area contributed by atoms with E-state index in [0.29, 0.717) is 5.92 Å². The lowest BCUT2D eigenvalue weighted by Gasteiger charge is -2.25. The maximum Gasteiger partial charge on any atom is 0.317 e. The molecule has 0 spiro atoms. The quantitative estimate of drug-likeness (QED) is 0.641. The summed E-state index contributed by atoms with van der Waals surface area (Å²) in [6.45, 7) is 10.4. The van der Waals surface area contributed by atoms with E-state index < -0.39 is 0 Å². The molecular weight excluding hydrogens is 204 g/mol. The Kier molecular flexibility index (Phi) is 5.55. The average molecular weight is 228 g/mol. The molecule has 1 fully saturated rings. The fourth-order valence-electron chi connectivity index (χ4n) is 1.88. The monoisotopic (exact) mass is 228 g/mol. The number of hydrogen-bond donors (Lipinski definition) is 2. The Bertz CT molecular complexity index is 222. The van der Waals surface area contributed by atoms with Crippen molar-refractivity contribution in [1.82, 2.24) is 15.1 Å². The molecule has 1 atom stereocenters. The first-order valence-corrected chi connectivity index (χ1v) is 6.12. The Balaban J connectivity index is 2.25. The number of rotatable bonds is 7. The van der Waals surface area contributed by atoms with Crippen LogP contribution in [0.5, 0.6) is 0 Å². The Morgan fingerprint density at radius 2 is 2.38 bits per heavy atom. The Morgan fingerprint density at radius 1 is 1.62 bits per heavy atom. The van der Waals surface area contributed by atoms with Crippen LogP contribution >= 0.6 is 0 Å². The van der Waals surface area contributed by atoms with Gasteiger partial charge >= 0.3 is 6.03 Å². The molecule has 0 aromatic heterocycles. The van der Waals surface area contributed by atoms with Gasteiger partial charge in [-0.2, -0.15) is 0 Å². The van der Waals surface area contributed by atoms with Gasteiger partial charge in [-0.1, -0.05) is 13.8 Å². The van der Waals surface area contributed by atoms with Crippen LogP contribution in [0.3, 0.4) is 0 Å². The molecule has 5 nitrogen and oxygen atoms in total. The van der Waals surface area contributed by atoms with Crippen molar-refractivity contribution >= 4 is 6.03 Å². The third kappa shape index (κ3) is 3.98. The van der Waals surface area contributed by atoms with Gasteiger partial charge in [0.2, 0.25) is 0 Å². The van der Waals surface area contributed by atoms with Crippen LogP contribution in [0.15, 0.2) is 0 Å². The lowest BCUT2D eigenvalue weighted by atomic mass is 10.1. The number of amides is 2.